The van der Waals surface area contributed by atoms with E-state index in [1.54, 1.807) is 0 Å². The number of rotatable bonds is 0. The molecule has 0 radical (unpaired) electrons. The van der Waals surface area contributed by atoms with Crippen molar-refractivity contribution in [3.8, 4) is 0 Å². The number of halogens is 5. The van der Waals surface area contributed by atoms with Crippen LogP contribution >= 0.6 is 113 Å². The monoisotopic (exact) mass is 812 g/mol. The molecule has 0 heterocycles. The van der Waals surface area contributed by atoms with Crippen molar-refractivity contribution >= 4 is 113 Å². The average molecular weight is 812 g/mol. The summed E-state index contributed by atoms with van der Waals surface area (Å²) in [6, 6.07) is 0. The summed E-state index contributed by atoms with van der Waals surface area (Å²) in [7, 11) is 0. The number of alkyl halides is 5. The fourth-order valence-corrected chi connectivity index (χ4v) is 6.25. The van der Waals surface area contributed by atoms with Crippen LogP contribution in [0.3, 0.4) is 0 Å². The highest BCUT2D eigenvalue weighted by atomic mass is 127. The zero-order valence-corrected chi connectivity index (χ0v) is 21.4. The Bertz CT molecular complexity index is 191. The van der Waals surface area contributed by atoms with E-state index in [1.807, 2.05) is 0 Å². The maximum atomic E-state index is 2.51. The highest BCUT2D eigenvalue weighted by Crippen LogP contribution is 2.34. The van der Waals surface area contributed by atoms with Gasteiger partial charge in [0.15, 0.2) is 0 Å². The molecule has 0 bridgehead atoms. The molecule has 3 saturated carbocycles. The Morgan fingerprint density at radius 2 is 0.889 bits per heavy atom. The van der Waals surface area contributed by atoms with E-state index in [2.05, 4.69) is 120 Å². The van der Waals surface area contributed by atoms with Crippen molar-refractivity contribution in [2.24, 2.45) is 5.92 Å². The molecule has 108 valence electrons. The second-order valence-corrected chi connectivity index (χ2v) is 13.6. The smallest absolute Gasteiger partial charge is 0.0228 e. The van der Waals surface area contributed by atoms with Crippen molar-refractivity contribution in [1.29, 1.82) is 0 Å². The Morgan fingerprint density at radius 1 is 0.611 bits per heavy atom. The molecule has 0 nitrogen and oxygen atoms in total. The molecular formula is C13H21I5. The predicted octanol–water partition coefficient (Wildman–Crippen LogP) is 6.99. The molecule has 0 aromatic heterocycles. The molecule has 0 amide bonds. The molecule has 0 aliphatic heterocycles. The molecule has 0 aromatic rings. The van der Waals surface area contributed by atoms with E-state index in [0.717, 1.165) is 25.5 Å². The first-order valence-electron chi connectivity index (χ1n) is 6.60. The van der Waals surface area contributed by atoms with Crippen LogP contribution in [0.5, 0.6) is 0 Å². The normalized spacial score (nSPS) is 45.0. The molecule has 3 aliphatic carbocycles. The summed E-state index contributed by atoms with van der Waals surface area (Å²) >= 11 is 12.6. The lowest BCUT2D eigenvalue weighted by atomic mass is 9.87. The Hall–Kier alpha value is 3.65. The van der Waals surface area contributed by atoms with Gasteiger partial charge in [0.1, 0.15) is 0 Å². The van der Waals surface area contributed by atoms with Crippen LogP contribution in [0.25, 0.3) is 0 Å². The van der Waals surface area contributed by atoms with Gasteiger partial charge < -0.3 is 0 Å². The minimum absolute atomic E-state index is 0.989. The van der Waals surface area contributed by atoms with E-state index >= 15 is 0 Å². The van der Waals surface area contributed by atoms with Crippen LogP contribution in [-0.4, -0.2) is 19.6 Å². The second-order valence-electron chi connectivity index (χ2n) is 5.39. The first kappa shape index (κ1) is 19.7. The minimum atomic E-state index is 0.989. The highest BCUT2D eigenvalue weighted by Gasteiger charge is 2.25. The van der Waals surface area contributed by atoms with Gasteiger partial charge in [-0.2, -0.15) is 0 Å². The first-order chi connectivity index (χ1) is 8.40. The number of hydrogen-bond acceptors (Lipinski definition) is 0. The first-order valence-corrected chi connectivity index (χ1v) is 12.8. The summed E-state index contributed by atoms with van der Waals surface area (Å²) in [6.07, 6.45) is 8.73. The van der Waals surface area contributed by atoms with E-state index in [1.165, 1.54) is 38.5 Å². The lowest BCUT2D eigenvalue weighted by Crippen LogP contribution is -2.24. The Kier molecular flexibility index (Phi) is 11.4. The Balaban J connectivity index is 0.000000135. The van der Waals surface area contributed by atoms with Crippen molar-refractivity contribution < 1.29 is 0 Å². The van der Waals surface area contributed by atoms with Crippen LogP contribution in [-0.2, 0) is 0 Å². The molecule has 0 aromatic carbocycles. The molecule has 4 atom stereocenters. The maximum absolute atomic E-state index is 2.51. The summed E-state index contributed by atoms with van der Waals surface area (Å²) in [5.74, 6) is 1.03. The third-order valence-corrected chi connectivity index (χ3v) is 13.3. The molecule has 3 rings (SSSR count). The van der Waals surface area contributed by atoms with E-state index in [-0.39, 0.29) is 0 Å². The third kappa shape index (κ3) is 7.77. The molecule has 4 unspecified atom stereocenters. The van der Waals surface area contributed by atoms with Crippen LogP contribution in [0.4, 0.5) is 0 Å². The molecule has 0 saturated heterocycles. The topological polar surface area (TPSA) is 0 Å². The van der Waals surface area contributed by atoms with Gasteiger partial charge in [-0.05, 0) is 44.4 Å². The maximum Gasteiger partial charge on any atom is 0.0228 e. The molecule has 0 N–H and O–H groups in total. The Morgan fingerprint density at radius 3 is 0.889 bits per heavy atom. The van der Waals surface area contributed by atoms with E-state index in [4.69, 9.17) is 0 Å². The van der Waals surface area contributed by atoms with Gasteiger partial charge in [-0.3, -0.25) is 0 Å². The molecule has 18 heavy (non-hydrogen) atoms. The van der Waals surface area contributed by atoms with Crippen LogP contribution < -0.4 is 0 Å². The molecule has 3 aliphatic rings. The van der Waals surface area contributed by atoms with Crippen LogP contribution in [0.15, 0.2) is 0 Å². The van der Waals surface area contributed by atoms with Gasteiger partial charge in [0, 0.05) is 19.6 Å². The van der Waals surface area contributed by atoms with Gasteiger partial charge in [-0.1, -0.05) is 120 Å². The molecule has 0 spiro atoms. The van der Waals surface area contributed by atoms with Crippen molar-refractivity contribution in [2.75, 3.05) is 0 Å². The van der Waals surface area contributed by atoms with Gasteiger partial charge >= 0.3 is 0 Å². The standard InChI is InChI=1S/C5H9I.2C4H6I2/c1-4-2-5(6)3-4;2*5-3-1-2-4(3)6/h4-5H,2-3H2,1H3;2*3-4H,1-2H2. The zero-order valence-electron chi connectivity index (χ0n) is 10.6. The van der Waals surface area contributed by atoms with Crippen LogP contribution in [0.2, 0.25) is 0 Å². The fourth-order valence-electron chi connectivity index (χ4n) is 1.64. The second kappa shape index (κ2) is 10.4. The lowest BCUT2D eigenvalue weighted by molar-refractivity contribution is 0.373. The van der Waals surface area contributed by atoms with Gasteiger partial charge in [0.05, 0.1) is 0 Å². The van der Waals surface area contributed by atoms with E-state index in [0.29, 0.717) is 0 Å². The van der Waals surface area contributed by atoms with Crippen molar-refractivity contribution in [3.63, 3.8) is 0 Å². The quantitative estimate of drug-likeness (QED) is 0.183. The SMILES string of the molecule is CC1CC(I)C1.IC1CCC1I.IC1CCC1I. The predicted molar refractivity (Wildman–Crippen MR) is 126 cm³/mol. The zero-order chi connectivity index (χ0) is 13.7. The van der Waals surface area contributed by atoms with Crippen LogP contribution in [0.1, 0.15) is 45.4 Å². The van der Waals surface area contributed by atoms with E-state index < -0.39 is 0 Å². The third-order valence-electron chi connectivity index (χ3n) is 3.54. The lowest BCUT2D eigenvalue weighted by Gasteiger charge is -2.27. The minimum Gasteiger partial charge on any atom is -0.0826 e. The fraction of sp³-hybridized carbons (Fsp3) is 1.00. The van der Waals surface area contributed by atoms with Gasteiger partial charge in [-0.25, -0.2) is 0 Å². The van der Waals surface area contributed by atoms with Gasteiger partial charge in [0.2, 0.25) is 0 Å². The summed E-state index contributed by atoms with van der Waals surface area (Å²) in [5, 5.41) is 0. The summed E-state index contributed by atoms with van der Waals surface area (Å²) in [5.41, 5.74) is 0. The largest absolute Gasteiger partial charge is 0.0826 e. The summed E-state index contributed by atoms with van der Waals surface area (Å²) in [6.45, 7) is 2.31. The number of hydrogen-bond donors (Lipinski definition) is 0. The van der Waals surface area contributed by atoms with Crippen LogP contribution in [0, 0.1) is 5.92 Å². The molecule has 3 fully saturated rings. The van der Waals surface area contributed by atoms with Gasteiger partial charge in [0.25, 0.3) is 0 Å². The summed E-state index contributed by atoms with van der Waals surface area (Å²) in [4.78, 5) is 0. The summed E-state index contributed by atoms with van der Waals surface area (Å²) < 4.78 is 4.97. The van der Waals surface area contributed by atoms with E-state index in [9.17, 15) is 0 Å². The van der Waals surface area contributed by atoms with Crippen molar-refractivity contribution in [2.45, 2.75) is 65.1 Å². The average Bonchev–Trinajstić information content (AvgIpc) is 2.34. The molecular weight excluding hydrogens is 791 g/mol. The van der Waals surface area contributed by atoms with Crippen molar-refractivity contribution in [3.05, 3.63) is 0 Å². The van der Waals surface area contributed by atoms with Crippen molar-refractivity contribution in [1.82, 2.24) is 0 Å². The molecule has 5 heteroatoms. The van der Waals surface area contributed by atoms with Gasteiger partial charge in [-0.15, -0.1) is 0 Å². The highest BCUT2D eigenvalue weighted by molar-refractivity contribution is 14.1. The Labute approximate surface area is 180 Å².